The lowest BCUT2D eigenvalue weighted by Gasteiger charge is -2.58. The Kier molecular flexibility index (Phi) is 4.29. The molecule has 0 radical (unpaired) electrons. The molecule has 1 N–H and O–H groups in total. The highest BCUT2D eigenvalue weighted by atomic mass is 16.2. The van der Waals surface area contributed by atoms with Crippen LogP contribution in [-0.4, -0.2) is 42.8 Å². The van der Waals surface area contributed by atoms with E-state index >= 15 is 0 Å². The van der Waals surface area contributed by atoms with Crippen molar-refractivity contribution in [3.63, 3.8) is 0 Å². The largest absolute Gasteiger partial charge is 0.356 e. The predicted octanol–water partition coefficient (Wildman–Crippen LogP) is 1.45. The number of likely N-dealkylation sites (tertiary alicyclic amines) is 1. The smallest absolute Gasteiger partial charge is 0.223 e. The summed E-state index contributed by atoms with van der Waals surface area (Å²) >= 11 is 0. The van der Waals surface area contributed by atoms with E-state index in [-0.39, 0.29) is 17.7 Å². The van der Waals surface area contributed by atoms with Gasteiger partial charge in [0.1, 0.15) is 5.78 Å². The second kappa shape index (κ2) is 5.61. The monoisotopic (exact) mass is 266 g/mol. The van der Waals surface area contributed by atoms with Gasteiger partial charge in [-0.05, 0) is 24.7 Å². The second-order valence-electron chi connectivity index (χ2n) is 6.66. The van der Waals surface area contributed by atoms with Gasteiger partial charge in [-0.15, -0.1) is 0 Å². The fourth-order valence-corrected chi connectivity index (χ4v) is 3.24. The van der Waals surface area contributed by atoms with E-state index in [1.807, 2.05) is 13.8 Å². The lowest BCUT2D eigenvalue weighted by molar-refractivity contribution is -0.148. The van der Waals surface area contributed by atoms with Gasteiger partial charge in [0.15, 0.2) is 0 Å². The second-order valence-corrected chi connectivity index (χ2v) is 6.66. The van der Waals surface area contributed by atoms with Gasteiger partial charge in [-0.1, -0.05) is 20.8 Å². The number of rotatable bonds is 6. The number of Topliss-reactive ketones (excluding diaryl/α,β-unsaturated/α-hetero) is 1. The zero-order chi connectivity index (χ0) is 14.0. The van der Waals surface area contributed by atoms with Crippen LogP contribution in [0.2, 0.25) is 0 Å². The molecule has 2 rings (SSSR count). The van der Waals surface area contributed by atoms with Crippen molar-refractivity contribution < 1.29 is 9.59 Å². The summed E-state index contributed by atoms with van der Waals surface area (Å²) in [4.78, 5) is 25.7. The number of hydrogen-bond donors (Lipinski definition) is 1. The van der Waals surface area contributed by atoms with E-state index in [1.165, 1.54) is 0 Å². The zero-order valence-corrected chi connectivity index (χ0v) is 12.4. The summed E-state index contributed by atoms with van der Waals surface area (Å²) in [6.45, 7) is 9.36. The average Bonchev–Trinajstić information content (AvgIpc) is 2.26. The molecule has 0 aromatic heterocycles. The van der Waals surface area contributed by atoms with Gasteiger partial charge in [-0.2, -0.15) is 0 Å². The van der Waals surface area contributed by atoms with Crippen molar-refractivity contribution in [1.82, 2.24) is 10.2 Å². The predicted molar refractivity (Wildman–Crippen MR) is 74.7 cm³/mol. The van der Waals surface area contributed by atoms with Crippen LogP contribution in [-0.2, 0) is 9.59 Å². The fraction of sp³-hybridized carbons (Fsp3) is 0.867. The molecule has 0 aromatic rings. The maximum Gasteiger partial charge on any atom is 0.223 e. The molecule has 0 aromatic carbocycles. The topological polar surface area (TPSA) is 49.4 Å². The normalized spacial score (nSPS) is 22.1. The molecule has 1 heterocycles. The first-order chi connectivity index (χ1) is 8.96. The van der Waals surface area contributed by atoms with E-state index in [9.17, 15) is 9.59 Å². The van der Waals surface area contributed by atoms with Crippen LogP contribution in [0.5, 0.6) is 0 Å². The van der Waals surface area contributed by atoms with Crippen LogP contribution >= 0.6 is 0 Å². The van der Waals surface area contributed by atoms with Gasteiger partial charge >= 0.3 is 0 Å². The van der Waals surface area contributed by atoms with Crippen molar-refractivity contribution in [1.29, 1.82) is 0 Å². The molecule has 1 saturated carbocycles. The minimum atomic E-state index is 0.130. The summed E-state index contributed by atoms with van der Waals surface area (Å²) in [7, 11) is 0. The summed E-state index contributed by atoms with van der Waals surface area (Å²) in [6.07, 6.45) is 3.01. The molecular formula is C15H26N2O2. The highest BCUT2D eigenvalue weighted by Gasteiger charge is 2.54. The Morgan fingerprint density at radius 3 is 2.47 bits per heavy atom. The Labute approximate surface area is 115 Å². The SMILES string of the molecule is CCCNC(=O)C1CC2(C1)CN(CC(=O)C(C)C)C2. The van der Waals surface area contributed by atoms with Crippen LogP contribution in [0.25, 0.3) is 0 Å². The number of hydrogen-bond acceptors (Lipinski definition) is 3. The molecule has 1 aliphatic carbocycles. The van der Waals surface area contributed by atoms with Crippen LogP contribution in [0.15, 0.2) is 0 Å². The minimum Gasteiger partial charge on any atom is -0.356 e. The summed E-state index contributed by atoms with van der Waals surface area (Å²) in [5.41, 5.74) is 0.353. The molecule has 2 aliphatic rings. The van der Waals surface area contributed by atoms with E-state index in [0.29, 0.717) is 17.7 Å². The third kappa shape index (κ3) is 3.16. The number of nitrogens with zero attached hydrogens (tertiary/aromatic N) is 1. The Hall–Kier alpha value is -0.900. The van der Waals surface area contributed by atoms with Crippen molar-refractivity contribution in [3.8, 4) is 0 Å². The van der Waals surface area contributed by atoms with Gasteiger partial charge in [-0.25, -0.2) is 0 Å². The molecule has 108 valence electrons. The average molecular weight is 266 g/mol. The van der Waals surface area contributed by atoms with Crippen molar-refractivity contribution in [3.05, 3.63) is 0 Å². The van der Waals surface area contributed by atoms with Gasteiger partial charge in [0.2, 0.25) is 5.91 Å². The maximum atomic E-state index is 11.8. The molecule has 19 heavy (non-hydrogen) atoms. The molecule has 1 aliphatic heterocycles. The summed E-state index contributed by atoms with van der Waals surface area (Å²) in [5, 5.41) is 2.97. The van der Waals surface area contributed by atoms with Crippen molar-refractivity contribution in [2.75, 3.05) is 26.2 Å². The van der Waals surface area contributed by atoms with Gasteiger partial charge in [0.25, 0.3) is 0 Å². The van der Waals surface area contributed by atoms with Crippen molar-refractivity contribution in [2.24, 2.45) is 17.3 Å². The van der Waals surface area contributed by atoms with Gasteiger partial charge in [-0.3, -0.25) is 14.5 Å². The third-order valence-corrected chi connectivity index (χ3v) is 4.42. The highest BCUT2D eigenvalue weighted by molar-refractivity contribution is 5.82. The summed E-state index contributed by atoms with van der Waals surface area (Å²) < 4.78 is 0. The van der Waals surface area contributed by atoms with E-state index in [0.717, 1.165) is 38.9 Å². The van der Waals surface area contributed by atoms with Crippen LogP contribution in [0.1, 0.15) is 40.0 Å². The lowest BCUT2D eigenvalue weighted by atomic mass is 9.57. The molecule has 1 amide bonds. The molecule has 0 bridgehead atoms. The minimum absolute atomic E-state index is 0.130. The van der Waals surface area contributed by atoms with Gasteiger partial charge in [0.05, 0.1) is 6.54 Å². The third-order valence-electron chi connectivity index (χ3n) is 4.42. The van der Waals surface area contributed by atoms with E-state index < -0.39 is 0 Å². The van der Waals surface area contributed by atoms with Gasteiger partial charge < -0.3 is 5.32 Å². The number of carbonyl (C=O) groups excluding carboxylic acids is 2. The van der Waals surface area contributed by atoms with Crippen LogP contribution in [0.4, 0.5) is 0 Å². The van der Waals surface area contributed by atoms with E-state index in [4.69, 9.17) is 0 Å². The van der Waals surface area contributed by atoms with Crippen molar-refractivity contribution in [2.45, 2.75) is 40.0 Å². The molecular weight excluding hydrogens is 240 g/mol. The molecule has 4 heteroatoms. The molecule has 0 unspecified atom stereocenters. The van der Waals surface area contributed by atoms with Gasteiger partial charge in [0, 0.05) is 31.5 Å². The molecule has 1 saturated heterocycles. The highest BCUT2D eigenvalue weighted by Crippen LogP contribution is 2.51. The standard InChI is InChI=1S/C15H26N2O2/c1-4-5-16-14(19)12-6-15(7-12)9-17(10-15)8-13(18)11(2)3/h11-12H,4-10H2,1-3H3,(H,16,19). The lowest BCUT2D eigenvalue weighted by Crippen LogP contribution is -2.64. The number of amides is 1. The van der Waals surface area contributed by atoms with Crippen molar-refractivity contribution >= 4 is 11.7 Å². The number of nitrogens with one attached hydrogen (secondary N) is 1. The number of carbonyl (C=O) groups is 2. The first kappa shape index (κ1) is 14.5. The Balaban J connectivity index is 1.66. The van der Waals surface area contributed by atoms with E-state index in [2.05, 4.69) is 17.1 Å². The molecule has 0 atom stereocenters. The Morgan fingerprint density at radius 2 is 1.95 bits per heavy atom. The van der Waals surface area contributed by atoms with Crippen LogP contribution in [0.3, 0.4) is 0 Å². The quantitative estimate of drug-likeness (QED) is 0.791. The fourth-order valence-electron chi connectivity index (χ4n) is 3.24. The van der Waals surface area contributed by atoms with E-state index in [1.54, 1.807) is 0 Å². The maximum absolute atomic E-state index is 11.8. The molecule has 4 nitrogen and oxygen atoms in total. The Morgan fingerprint density at radius 1 is 1.32 bits per heavy atom. The van der Waals surface area contributed by atoms with Crippen LogP contribution in [0, 0.1) is 17.3 Å². The number of ketones is 1. The molecule has 2 fully saturated rings. The summed E-state index contributed by atoms with van der Waals surface area (Å²) in [5.74, 6) is 0.899. The zero-order valence-electron chi connectivity index (χ0n) is 12.4. The first-order valence-electron chi connectivity index (χ1n) is 7.48. The molecule has 1 spiro atoms. The first-order valence-corrected chi connectivity index (χ1v) is 7.48. The Bertz CT molecular complexity index is 351. The summed E-state index contributed by atoms with van der Waals surface area (Å²) in [6, 6.07) is 0. The van der Waals surface area contributed by atoms with Crippen LogP contribution < -0.4 is 5.32 Å².